The Kier molecular flexibility index (Phi) is 7.83. The molecule has 1 amide bonds. The van der Waals surface area contributed by atoms with Gasteiger partial charge in [0, 0.05) is 30.0 Å². The van der Waals surface area contributed by atoms with Gasteiger partial charge in [0.1, 0.15) is 0 Å². The van der Waals surface area contributed by atoms with E-state index in [9.17, 15) is 4.79 Å². The second kappa shape index (κ2) is 11.3. The third-order valence-corrected chi connectivity index (χ3v) is 7.41. The molecule has 0 radical (unpaired) electrons. The number of benzene rings is 3. The maximum absolute atomic E-state index is 11.3. The van der Waals surface area contributed by atoms with Crippen LogP contribution in [0.3, 0.4) is 0 Å². The topological polar surface area (TPSA) is 69.9 Å². The van der Waals surface area contributed by atoms with Gasteiger partial charge >= 0.3 is 0 Å². The van der Waals surface area contributed by atoms with Gasteiger partial charge in [0.25, 0.3) is 0 Å². The van der Waals surface area contributed by atoms with E-state index in [1.54, 1.807) is 14.2 Å². The number of aromatic nitrogens is 1. The predicted molar refractivity (Wildman–Crippen MR) is 145 cm³/mol. The fourth-order valence-electron chi connectivity index (χ4n) is 5.69. The number of carbonyl (C=O) groups excluding carboxylic acids is 1. The van der Waals surface area contributed by atoms with Crippen LogP contribution in [0.15, 0.2) is 54.7 Å². The van der Waals surface area contributed by atoms with Crippen LogP contribution in [-0.2, 0) is 30.6 Å². The number of rotatable bonds is 7. The summed E-state index contributed by atoms with van der Waals surface area (Å²) in [6.45, 7) is 2.66. The lowest BCUT2D eigenvalue weighted by molar-refractivity contribution is -0.686. The van der Waals surface area contributed by atoms with E-state index in [-0.39, 0.29) is 36.7 Å². The van der Waals surface area contributed by atoms with Crippen molar-refractivity contribution in [3.63, 3.8) is 0 Å². The molecule has 2 aliphatic heterocycles. The molecule has 8 heteroatoms. The third kappa shape index (κ3) is 5.09. The van der Waals surface area contributed by atoms with E-state index in [0.29, 0.717) is 0 Å². The van der Waals surface area contributed by atoms with E-state index in [2.05, 4.69) is 46.4 Å². The number of nitrogens with one attached hydrogen (secondary N) is 1. The number of hydrogen-bond donors (Lipinski definition) is 1. The van der Waals surface area contributed by atoms with Crippen molar-refractivity contribution >= 4 is 22.4 Å². The summed E-state index contributed by atoms with van der Waals surface area (Å²) in [4.78, 5) is 11.3. The second-order valence-corrected chi connectivity index (χ2v) is 9.76. The smallest absolute Gasteiger partial charge is 0.231 e. The van der Waals surface area contributed by atoms with E-state index in [4.69, 9.17) is 18.9 Å². The number of hydrogen-bond acceptors (Lipinski definition) is 5. The van der Waals surface area contributed by atoms with Gasteiger partial charge in [-0.05, 0) is 66.8 Å². The molecule has 6 rings (SSSR count). The van der Waals surface area contributed by atoms with Crippen LogP contribution in [0, 0.1) is 0 Å². The number of ether oxygens (including phenoxy) is 4. The van der Waals surface area contributed by atoms with Crippen molar-refractivity contribution in [1.29, 1.82) is 0 Å². The number of pyridine rings is 1. The van der Waals surface area contributed by atoms with Gasteiger partial charge in [-0.15, -0.1) is 0 Å². The van der Waals surface area contributed by atoms with Gasteiger partial charge in [0.15, 0.2) is 35.7 Å². The summed E-state index contributed by atoms with van der Waals surface area (Å²) in [7, 11) is 3.37. The molecule has 0 fully saturated rings. The molecule has 0 saturated carbocycles. The molecule has 1 N–H and O–H groups in total. The lowest BCUT2D eigenvalue weighted by Gasteiger charge is -2.21. The van der Waals surface area contributed by atoms with Gasteiger partial charge in [-0.1, -0.05) is 12.1 Å². The molecular weight excluding hydrogens is 607 g/mol. The van der Waals surface area contributed by atoms with Crippen molar-refractivity contribution < 1.29 is 52.3 Å². The van der Waals surface area contributed by atoms with Crippen LogP contribution in [0.2, 0.25) is 0 Å². The Morgan fingerprint density at radius 1 is 0.974 bits per heavy atom. The average Bonchev–Trinajstić information content (AvgIpc) is 3.38. The number of amides is 1. The molecular formula is C31H31IN2O5. The molecule has 0 saturated heterocycles. The van der Waals surface area contributed by atoms with Crippen molar-refractivity contribution in [2.75, 3.05) is 26.3 Å². The van der Waals surface area contributed by atoms with Crippen LogP contribution in [0.4, 0.5) is 5.69 Å². The zero-order chi connectivity index (χ0) is 26.2. The molecule has 3 heterocycles. The van der Waals surface area contributed by atoms with Gasteiger partial charge in [0.2, 0.25) is 18.4 Å². The van der Waals surface area contributed by atoms with Gasteiger partial charge < -0.3 is 48.2 Å². The number of nitrogens with zero attached hydrogens (tertiary/aromatic N) is 1. The lowest BCUT2D eigenvalue weighted by atomic mass is 9.89. The normalized spacial score (nSPS) is 12.8. The first-order valence-electron chi connectivity index (χ1n) is 12.9. The van der Waals surface area contributed by atoms with E-state index < -0.39 is 0 Å². The summed E-state index contributed by atoms with van der Waals surface area (Å²) in [6, 6.07) is 16.5. The first-order chi connectivity index (χ1) is 18.6. The Bertz CT molecular complexity index is 1550. The third-order valence-electron chi connectivity index (χ3n) is 7.41. The molecule has 0 bridgehead atoms. The van der Waals surface area contributed by atoms with Crippen molar-refractivity contribution in [3.8, 4) is 34.3 Å². The maximum atomic E-state index is 11.3. The van der Waals surface area contributed by atoms with Crippen LogP contribution < -0.4 is 52.8 Å². The first-order valence-corrected chi connectivity index (χ1v) is 12.9. The Balaban J connectivity index is 0.00000308. The zero-order valence-electron chi connectivity index (χ0n) is 22.3. The number of fused-ring (bicyclic) bond motifs is 5. The fraction of sp³-hybridized carbons (Fsp3) is 0.290. The highest BCUT2D eigenvalue weighted by molar-refractivity contribution is 5.95. The van der Waals surface area contributed by atoms with Crippen LogP contribution in [0.1, 0.15) is 30.0 Å². The molecule has 0 unspecified atom stereocenters. The summed E-state index contributed by atoms with van der Waals surface area (Å²) in [5, 5.41) is 5.05. The minimum Gasteiger partial charge on any atom is -1.00 e. The van der Waals surface area contributed by atoms with Crippen LogP contribution >= 0.6 is 0 Å². The minimum atomic E-state index is -0.0640. The highest BCUT2D eigenvalue weighted by Crippen LogP contribution is 2.43. The number of anilines is 1. The largest absolute Gasteiger partial charge is 1.00 e. The van der Waals surface area contributed by atoms with Crippen molar-refractivity contribution in [2.24, 2.45) is 0 Å². The highest BCUT2D eigenvalue weighted by Gasteiger charge is 2.32. The molecule has 39 heavy (non-hydrogen) atoms. The molecule has 0 spiro atoms. The summed E-state index contributed by atoms with van der Waals surface area (Å²) in [5.41, 5.74) is 7.06. The Morgan fingerprint density at radius 2 is 1.74 bits per heavy atom. The Hall–Kier alpha value is -3.53. The molecule has 7 nitrogen and oxygen atoms in total. The minimum absolute atomic E-state index is 0. The fourth-order valence-corrected chi connectivity index (χ4v) is 5.69. The van der Waals surface area contributed by atoms with E-state index in [1.807, 2.05) is 18.2 Å². The Morgan fingerprint density at radius 3 is 2.46 bits per heavy atom. The summed E-state index contributed by atoms with van der Waals surface area (Å²) in [5.74, 6) is 3.05. The SMILES string of the molecule is COc1ccc2c(CCCc3ccc(NC(C)=O)cc3)c3[n+](cc2c1OC)CCc1cc2c(cc1-3)OCO2.[I-]. The average molecular weight is 639 g/mol. The number of halogens is 1. The summed E-state index contributed by atoms with van der Waals surface area (Å²) in [6.07, 6.45) is 5.91. The van der Waals surface area contributed by atoms with Gasteiger partial charge in [-0.3, -0.25) is 4.79 Å². The Labute approximate surface area is 245 Å². The quantitative estimate of drug-likeness (QED) is 0.249. The van der Waals surface area contributed by atoms with E-state index in [0.717, 1.165) is 66.3 Å². The monoisotopic (exact) mass is 638 g/mol. The highest BCUT2D eigenvalue weighted by atomic mass is 127. The lowest BCUT2D eigenvalue weighted by Crippen LogP contribution is -3.00. The van der Waals surface area contributed by atoms with Crippen molar-refractivity contribution in [1.82, 2.24) is 0 Å². The van der Waals surface area contributed by atoms with Gasteiger partial charge in [0.05, 0.1) is 25.2 Å². The van der Waals surface area contributed by atoms with Crippen molar-refractivity contribution in [3.05, 3.63) is 71.4 Å². The van der Waals surface area contributed by atoms with Crippen molar-refractivity contribution in [2.45, 2.75) is 39.2 Å². The van der Waals surface area contributed by atoms with E-state index in [1.165, 1.54) is 40.3 Å². The summed E-state index contributed by atoms with van der Waals surface area (Å²) < 4.78 is 25.2. The first kappa shape index (κ1) is 27.1. The number of carbonyl (C=O) groups is 1. The molecule has 202 valence electrons. The molecule has 1 aromatic heterocycles. The predicted octanol–water partition coefficient (Wildman–Crippen LogP) is 2.23. The maximum Gasteiger partial charge on any atom is 0.231 e. The van der Waals surface area contributed by atoms with Crippen LogP contribution in [-0.4, -0.2) is 26.9 Å². The molecule has 2 aliphatic rings. The van der Waals surface area contributed by atoms with Crippen LogP contribution in [0.25, 0.3) is 22.0 Å². The number of methoxy groups -OCH3 is 2. The number of aryl methyl sites for hydroxylation is 4. The standard InChI is InChI=1S/C31H30N2O5.HI/c1-19(34)32-22-9-7-20(8-10-22)5-4-6-24-23-11-12-27(35-2)31(36-3)26(23)17-33-14-13-21-15-28-29(38-18-37-28)16-25(21)30(24)33;/h7-12,15-17H,4-6,13-14,18H2,1-3H3;1H. The zero-order valence-corrected chi connectivity index (χ0v) is 24.5. The van der Waals surface area contributed by atoms with E-state index >= 15 is 0 Å². The summed E-state index contributed by atoms with van der Waals surface area (Å²) >= 11 is 0. The molecule has 4 aromatic rings. The molecule has 0 aliphatic carbocycles. The van der Waals surface area contributed by atoms with Gasteiger partial charge in [-0.25, -0.2) is 0 Å². The van der Waals surface area contributed by atoms with Crippen LogP contribution in [0.5, 0.6) is 23.0 Å². The molecule has 0 atom stereocenters. The molecule has 3 aromatic carbocycles. The van der Waals surface area contributed by atoms with Gasteiger partial charge in [-0.2, -0.15) is 4.57 Å². The second-order valence-electron chi connectivity index (χ2n) is 9.76.